The second-order valence-corrected chi connectivity index (χ2v) is 4.44. The first-order valence-corrected chi connectivity index (χ1v) is 6.13. The number of hydrogen-bond donors (Lipinski definition) is 0. The lowest BCUT2D eigenvalue weighted by Gasteiger charge is -2.17. The van der Waals surface area contributed by atoms with Crippen LogP contribution in [0.3, 0.4) is 0 Å². The quantitative estimate of drug-likeness (QED) is 0.710. The minimum absolute atomic E-state index is 1.14. The van der Waals surface area contributed by atoms with Gasteiger partial charge in [0, 0.05) is 6.20 Å². The Balaban J connectivity index is 2.03. The van der Waals surface area contributed by atoms with Crippen molar-refractivity contribution in [2.24, 2.45) is 0 Å². The maximum Gasteiger partial charge on any atom is 0.0693 e. The summed E-state index contributed by atoms with van der Waals surface area (Å²) >= 11 is 0. The molecule has 1 aromatic carbocycles. The van der Waals surface area contributed by atoms with E-state index in [0.29, 0.717) is 0 Å². The van der Waals surface area contributed by atoms with Gasteiger partial charge in [-0.2, -0.15) is 0 Å². The van der Waals surface area contributed by atoms with E-state index in [1.54, 1.807) is 0 Å². The first kappa shape index (κ1) is 10.3. The van der Waals surface area contributed by atoms with Crippen LogP contribution in [0.4, 0.5) is 0 Å². The van der Waals surface area contributed by atoms with Gasteiger partial charge in [-0.3, -0.25) is 4.98 Å². The number of pyridine rings is 1. The molecule has 84 valence electrons. The molecule has 1 aliphatic rings. The van der Waals surface area contributed by atoms with Crippen LogP contribution in [0, 0.1) is 0 Å². The van der Waals surface area contributed by atoms with Crippen molar-refractivity contribution in [3.05, 3.63) is 65.5 Å². The molecule has 1 nitrogen and oxygen atoms in total. The Morgan fingerprint density at radius 3 is 2.71 bits per heavy atom. The van der Waals surface area contributed by atoms with E-state index in [1.807, 2.05) is 12.3 Å². The summed E-state index contributed by atoms with van der Waals surface area (Å²) in [5.41, 5.74) is 5.22. The molecule has 0 N–H and O–H groups in total. The SMILES string of the molecule is C(=C1\CCCc2cccnc21)/c1ccccc1. The molecular weight excluding hydrogens is 206 g/mol. The molecular formula is C16H15N. The van der Waals surface area contributed by atoms with Crippen LogP contribution in [0.15, 0.2) is 48.7 Å². The molecule has 3 rings (SSSR count). The van der Waals surface area contributed by atoms with Crippen LogP contribution in [0.2, 0.25) is 0 Å². The standard InChI is InChI=1S/C16H15N/c1-2-6-13(7-3-1)12-15-9-4-8-14-10-5-11-17-16(14)15/h1-3,5-7,10-12H,4,8-9H2/b15-12-. The summed E-state index contributed by atoms with van der Waals surface area (Å²) < 4.78 is 0. The van der Waals surface area contributed by atoms with E-state index in [9.17, 15) is 0 Å². The fraction of sp³-hybridized carbons (Fsp3) is 0.188. The van der Waals surface area contributed by atoms with Gasteiger partial charge < -0.3 is 0 Å². The molecule has 17 heavy (non-hydrogen) atoms. The molecule has 1 aromatic heterocycles. The molecule has 0 bridgehead atoms. The predicted molar refractivity (Wildman–Crippen MR) is 71.5 cm³/mol. The molecule has 0 saturated heterocycles. The smallest absolute Gasteiger partial charge is 0.0693 e. The van der Waals surface area contributed by atoms with Crippen molar-refractivity contribution < 1.29 is 0 Å². The Morgan fingerprint density at radius 2 is 1.82 bits per heavy atom. The zero-order chi connectivity index (χ0) is 11.5. The number of hydrogen-bond acceptors (Lipinski definition) is 1. The van der Waals surface area contributed by atoms with Gasteiger partial charge in [0.15, 0.2) is 0 Å². The van der Waals surface area contributed by atoms with Crippen molar-refractivity contribution in [2.45, 2.75) is 19.3 Å². The van der Waals surface area contributed by atoms with Gasteiger partial charge in [-0.05, 0) is 48.1 Å². The zero-order valence-corrected chi connectivity index (χ0v) is 9.76. The number of allylic oxidation sites excluding steroid dienone is 1. The highest BCUT2D eigenvalue weighted by Gasteiger charge is 2.14. The van der Waals surface area contributed by atoms with Crippen molar-refractivity contribution in [2.75, 3.05) is 0 Å². The van der Waals surface area contributed by atoms with Crippen LogP contribution >= 0.6 is 0 Å². The number of aromatic nitrogens is 1. The van der Waals surface area contributed by atoms with Gasteiger partial charge in [0.1, 0.15) is 0 Å². The van der Waals surface area contributed by atoms with Crippen LogP contribution in [0.25, 0.3) is 11.6 Å². The Labute approximate surface area is 102 Å². The van der Waals surface area contributed by atoms with Crippen molar-refractivity contribution in [3.8, 4) is 0 Å². The van der Waals surface area contributed by atoms with Crippen LogP contribution in [0.5, 0.6) is 0 Å². The lowest BCUT2D eigenvalue weighted by molar-refractivity contribution is 0.811. The monoisotopic (exact) mass is 221 g/mol. The Kier molecular flexibility index (Phi) is 2.74. The molecule has 1 aliphatic carbocycles. The van der Waals surface area contributed by atoms with E-state index in [0.717, 1.165) is 12.8 Å². The fourth-order valence-electron chi connectivity index (χ4n) is 2.41. The topological polar surface area (TPSA) is 12.9 Å². The maximum absolute atomic E-state index is 4.53. The molecule has 0 saturated carbocycles. The number of rotatable bonds is 1. The summed E-state index contributed by atoms with van der Waals surface area (Å²) in [5.74, 6) is 0. The molecule has 0 atom stereocenters. The second kappa shape index (κ2) is 4.54. The first-order chi connectivity index (χ1) is 8.43. The Hall–Kier alpha value is -1.89. The van der Waals surface area contributed by atoms with Crippen LogP contribution in [-0.4, -0.2) is 4.98 Å². The molecule has 1 heteroatoms. The molecule has 1 heterocycles. The van der Waals surface area contributed by atoms with Gasteiger partial charge >= 0.3 is 0 Å². The van der Waals surface area contributed by atoms with E-state index >= 15 is 0 Å². The van der Waals surface area contributed by atoms with Gasteiger partial charge in [0.25, 0.3) is 0 Å². The van der Waals surface area contributed by atoms with Crippen molar-refractivity contribution in [1.29, 1.82) is 0 Å². The molecule has 0 aliphatic heterocycles. The number of benzene rings is 1. The average Bonchev–Trinajstić information content (AvgIpc) is 2.40. The molecule has 2 aromatic rings. The number of aryl methyl sites for hydroxylation is 1. The normalized spacial score (nSPS) is 16.8. The fourth-order valence-corrected chi connectivity index (χ4v) is 2.41. The van der Waals surface area contributed by atoms with Gasteiger partial charge in [-0.15, -0.1) is 0 Å². The maximum atomic E-state index is 4.53. The average molecular weight is 221 g/mol. The van der Waals surface area contributed by atoms with Gasteiger partial charge in [-0.1, -0.05) is 36.4 Å². The summed E-state index contributed by atoms with van der Waals surface area (Å²) in [5, 5.41) is 0. The number of nitrogens with zero attached hydrogens (tertiary/aromatic N) is 1. The largest absolute Gasteiger partial charge is 0.256 e. The van der Waals surface area contributed by atoms with E-state index in [2.05, 4.69) is 47.5 Å². The first-order valence-electron chi connectivity index (χ1n) is 6.13. The van der Waals surface area contributed by atoms with Crippen LogP contribution in [-0.2, 0) is 6.42 Å². The summed E-state index contributed by atoms with van der Waals surface area (Å²) in [6, 6.07) is 14.7. The second-order valence-electron chi connectivity index (χ2n) is 4.44. The summed E-state index contributed by atoms with van der Waals surface area (Å²) in [7, 11) is 0. The van der Waals surface area contributed by atoms with Gasteiger partial charge in [-0.25, -0.2) is 0 Å². The predicted octanol–water partition coefficient (Wildman–Crippen LogP) is 3.96. The van der Waals surface area contributed by atoms with Gasteiger partial charge in [0.05, 0.1) is 5.69 Å². The third-order valence-electron chi connectivity index (χ3n) is 3.23. The zero-order valence-electron chi connectivity index (χ0n) is 9.76. The lowest BCUT2D eigenvalue weighted by Crippen LogP contribution is -2.03. The Bertz CT molecular complexity index is 540. The van der Waals surface area contributed by atoms with E-state index in [1.165, 1.54) is 28.8 Å². The molecule has 0 radical (unpaired) electrons. The van der Waals surface area contributed by atoms with Crippen molar-refractivity contribution in [1.82, 2.24) is 4.98 Å². The van der Waals surface area contributed by atoms with Crippen LogP contribution < -0.4 is 0 Å². The van der Waals surface area contributed by atoms with E-state index in [-0.39, 0.29) is 0 Å². The van der Waals surface area contributed by atoms with Crippen molar-refractivity contribution >= 4 is 11.6 Å². The summed E-state index contributed by atoms with van der Waals surface area (Å²) in [6.07, 6.45) is 7.69. The highest BCUT2D eigenvalue weighted by atomic mass is 14.7. The van der Waals surface area contributed by atoms with E-state index < -0.39 is 0 Å². The molecule has 0 unspecified atom stereocenters. The van der Waals surface area contributed by atoms with Crippen LogP contribution in [0.1, 0.15) is 29.7 Å². The third kappa shape index (κ3) is 2.14. The number of fused-ring (bicyclic) bond motifs is 1. The molecule has 0 amide bonds. The van der Waals surface area contributed by atoms with Crippen molar-refractivity contribution in [3.63, 3.8) is 0 Å². The summed E-state index contributed by atoms with van der Waals surface area (Å²) in [6.45, 7) is 0. The summed E-state index contributed by atoms with van der Waals surface area (Å²) in [4.78, 5) is 4.53. The Morgan fingerprint density at radius 1 is 0.941 bits per heavy atom. The minimum Gasteiger partial charge on any atom is -0.256 e. The van der Waals surface area contributed by atoms with E-state index in [4.69, 9.17) is 0 Å². The van der Waals surface area contributed by atoms with Gasteiger partial charge in [0.2, 0.25) is 0 Å². The molecule has 0 spiro atoms. The third-order valence-corrected chi connectivity index (χ3v) is 3.23. The lowest BCUT2D eigenvalue weighted by atomic mass is 9.90. The highest BCUT2D eigenvalue weighted by molar-refractivity contribution is 5.81. The highest BCUT2D eigenvalue weighted by Crippen LogP contribution is 2.30. The minimum atomic E-state index is 1.14. The molecule has 0 fully saturated rings.